The van der Waals surface area contributed by atoms with Crippen LogP contribution < -0.4 is 5.46 Å². The highest BCUT2D eigenvalue weighted by atomic mass is 16.3. The van der Waals surface area contributed by atoms with Gasteiger partial charge in [0.25, 0.3) is 0 Å². The Morgan fingerprint density at radius 3 is 2.70 bits per heavy atom. The zero-order valence-corrected chi connectivity index (χ0v) is 5.66. The van der Waals surface area contributed by atoms with Crippen molar-refractivity contribution in [2.45, 2.75) is 6.92 Å². The second kappa shape index (κ2) is 2.65. The lowest BCUT2D eigenvalue weighted by Crippen LogP contribution is -2.04. The number of benzene rings is 1. The summed E-state index contributed by atoms with van der Waals surface area (Å²) in [7, 11) is 5.50. The van der Waals surface area contributed by atoms with Gasteiger partial charge in [0.1, 0.15) is 13.5 Å². The van der Waals surface area contributed by atoms with Gasteiger partial charge in [0.05, 0.1) is 0 Å². The number of hydrogen-bond acceptors (Lipinski definition) is 2. The van der Waals surface area contributed by atoms with Gasteiger partial charge in [-0.25, -0.2) is 0 Å². The van der Waals surface area contributed by atoms with Crippen LogP contribution in [0, 0.1) is 11.8 Å². The van der Waals surface area contributed by atoms with Crippen molar-refractivity contribution in [2.24, 2.45) is 5.18 Å². The Labute approximate surface area is 60.6 Å². The average molecular weight is 131 g/mol. The van der Waals surface area contributed by atoms with Crippen molar-refractivity contribution < 1.29 is 0 Å². The van der Waals surface area contributed by atoms with Gasteiger partial charge in [-0.1, -0.05) is 17.1 Å². The van der Waals surface area contributed by atoms with Gasteiger partial charge >= 0.3 is 0 Å². The summed E-state index contributed by atoms with van der Waals surface area (Å²) >= 11 is 0. The Balaban J connectivity index is 3.16. The number of rotatable bonds is 1. The first kappa shape index (κ1) is 7.00. The van der Waals surface area contributed by atoms with Crippen LogP contribution in [0.5, 0.6) is 0 Å². The maximum Gasteiger partial charge on any atom is 0.114 e. The summed E-state index contributed by atoms with van der Waals surface area (Å²) in [5.74, 6) is 0. The van der Waals surface area contributed by atoms with Gasteiger partial charge in [0.15, 0.2) is 0 Å². The van der Waals surface area contributed by atoms with Crippen molar-refractivity contribution >= 4 is 19.0 Å². The van der Waals surface area contributed by atoms with Gasteiger partial charge < -0.3 is 0 Å². The molecule has 0 N–H and O–H groups in total. The molecule has 0 aliphatic rings. The third-order valence-corrected chi connectivity index (χ3v) is 1.37. The van der Waals surface area contributed by atoms with E-state index in [9.17, 15) is 4.91 Å². The number of aryl methyl sites for hydroxylation is 1. The maximum absolute atomic E-state index is 9.96. The van der Waals surface area contributed by atoms with E-state index < -0.39 is 0 Å². The van der Waals surface area contributed by atoms with Crippen molar-refractivity contribution in [3.8, 4) is 0 Å². The summed E-state index contributed by atoms with van der Waals surface area (Å²) in [5, 5.41) is 2.74. The molecular weight excluding hydrogens is 125 g/mol. The van der Waals surface area contributed by atoms with Gasteiger partial charge in [0, 0.05) is 0 Å². The van der Waals surface area contributed by atoms with E-state index >= 15 is 0 Å². The van der Waals surface area contributed by atoms with E-state index in [-0.39, 0.29) is 0 Å². The second-order valence-corrected chi connectivity index (χ2v) is 2.13. The van der Waals surface area contributed by atoms with Crippen LogP contribution in [0.25, 0.3) is 0 Å². The summed E-state index contributed by atoms with van der Waals surface area (Å²) < 4.78 is 0. The third-order valence-electron chi connectivity index (χ3n) is 1.37. The highest BCUT2D eigenvalue weighted by molar-refractivity contribution is 6.33. The molecule has 0 bridgehead atoms. The molecule has 1 rings (SSSR count). The van der Waals surface area contributed by atoms with Gasteiger partial charge in [-0.3, -0.25) is 0 Å². The van der Waals surface area contributed by atoms with Crippen LogP contribution in [-0.2, 0) is 0 Å². The van der Waals surface area contributed by atoms with Crippen LogP contribution in [0.2, 0.25) is 0 Å². The fourth-order valence-electron chi connectivity index (χ4n) is 0.685. The molecule has 0 aliphatic carbocycles. The molecule has 2 nitrogen and oxygen atoms in total. The van der Waals surface area contributed by atoms with Crippen molar-refractivity contribution in [1.29, 1.82) is 0 Å². The standard InChI is InChI=1S/C7H6BNO/c1-5-2-3-6(9-10)4-7(5)8/h2-4H,1H3. The average Bonchev–Trinajstić information content (AvgIpc) is 1.95. The second-order valence-electron chi connectivity index (χ2n) is 2.13. The Kier molecular flexibility index (Phi) is 1.85. The summed E-state index contributed by atoms with van der Waals surface area (Å²) in [6.07, 6.45) is 0. The lowest BCUT2D eigenvalue weighted by molar-refractivity contribution is 1.46. The van der Waals surface area contributed by atoms with Gasteiger partial charge in [0.2, 0.25) is 0 Å². The first-order valence-electron chi connectivity index (χ1n) is 2.93. The zero-order chi connectivity index (χ0) is 7.56. The Bertz CT molecular complexity index is 260. The molecule has 0 atom stereocenters. The minimum atomic E-state index is 0.378. The highest BCUT2D eigenvalue weighted by Gasteiger charge is 1.93. The van der Waals surface area contributed by atoms with Crippen molar-refractivity contribution in [3.05, 3.63) is 28.7 Å². The Hall–Kier alpha value is -1.12. The minimum Gasteiger partial charge on any atom is -0.145 e. The molecule has 0 aliphatic heterocycles. The summed E-state index contributed by atoms with van der Waals surface area (Å²) in [4.78, 5) is 9.96. The van der Waals surface area contributed by atoms with E-state index in [1.807, 2.05) is 6.92 Å². The molecule has 1 aromatic carbocycles. The molecule has 0 heterocycles. The normalized spacial score (nSPS) is 9.30. The first-order valence-corrected chi connectivity index (χ1v) is 2.93. The lowest BCUT2D eigenvalue weighted by atomic mass is 9.91. The molecule has 0 saturated heterocycles. The zero-order valence-electron chi connectivity index (χ0n) is 5.66. The summed E-state index contributed by atoms with van der Waals surface area (Å²) in [6, 6.07) is 4.97. The smallest absolute Gasteiger partial charge is 0.114 e. The molecule has 0 aromatic heterocycles. The predicted molar refractivity (Wildman–Crippen MR) is 42.0 cm³/mol. The van der Waals surface area contributed by atoms with Crippen LogP contribution >= 0.6 is 0 Å². The predicted octanol–water partition coefficient (Wildman–Crippen LogP) is 1.19. The molecular formula is C7H6BNO. The molecule has 48 valence electrons. The van der Waals surface area contributed by atoms with Crippen molar-refractivity contribution in [2.75, 3.05) is 0 Å². The molecule has 0 spiro atoms. The number of hydrogen-bond donors (Lipinski definition) is 0. The number of nitroso groups, excluding NO2 is 1. The van der Waals surface area contributed by atoms with Crippen LogP contribution in [0.15, 0.2) is 23.4 Å². The molecule has 0 saturated carbocycles. The van der Waals surface area contributed by atoms with Crippen LogP contribution in [-0.4, -0.2) is 7.85 Å². The van der Waals surface area contributed by atoms with E-state index in [4.69, 9.17) is 7.85 Å². The van der Waals surface area contributed by atoms with E-state index in [0.29, 0.717) is 11.2 Å². The molecule has 3 heteroatoms. The van der Waals surface area contributed by atoms with E-state index in [1.165, 1.54) is 0 Å². The van der Waals surface area contributed by atoms with E-state index in [0.717, 1.165) is 5.56 Å². The van der Waals surface area contributed by atoms with Gasteiger partial charge in [-0.2, -0.15) is 0 Å². The SMILES string of the molecule is [B]c1cc(N=O)ccc1C. The van der Waals surface area contributed by atoms with E-state index in [2.05, 4.69) is 5.18 Å². The largest absolute Gasteiger partial charge is 0.145 e. The Morgan fingerprint density at radius 2 is 2.20 bits per heavy atom. The third kappa shape index (κ3) is 1.24. The summed E-state index contributed by atoms with van der Waals surface area (Å²) in [5.41, 5.74) is 1.95. The molecule has 0 fully saturated rings. The van der Waals surface area contributed by atoms with Gasteiger partial charge in [-0.15, -0.1) is 4.91 Å². The summed E-state index contributed by atoms with van der Waals surface area (Å²) in [6.45, 7) is 1.88. The van der Waals surface area contributed by atoms with Crippen molar-refractivity contribution in [3.63, 3.8) is 0 Å². The monoisotopic (exact) mass is 131 g/mol. The van der Waals surface area contributed by atoms with Crippen LogP contribution in [0.3, 0.4) is 0 Å². The number of nitrogens with zero attached hydrogens (tertiary/aromatic N) is 1. The first-order chi connectivity index (χ1) is 4.74. The quantitative estimate of drug-likeness (QED) is 0.415. The van der Waals surface area contributed by atoms with Crippen LogP contribution in [0.4, 0.5) is 5.69 Å². The Morgan fingerprint density at radius 1 is 1.50 bits per heavy atom. The highest BCUT2D eigenvalue weighted by Crippen LogP contribution is 2.08. The molecule has 10 heavy (non-hydrogen) atoms. The molecule has 1 aromatic rings. The van der Waals surface area contributed by atoms with Crippen molar-refractivity contribution in [1.82, 2.24) is 0 Å². The fraction of sp³-hybridized carbons (Fsp3) is 0.143. The van der Waals surface area contributed by atoms with E-state index in [1.54, 1.807) is 18.2 Å². The molecule has 0 amide bonds. The molecule has 2 radical (unpaired) electrons. The minimum absolute atomic E-state index is 0.378. The van der Waals surface area contributed by atoms with Crippen LogP contribution in [0.1, 0.15) is 5.56 Å². The topological polar surface area (TPSA) is 29.4 Å². The maximum atomic E-state index is 9.96. The molecule has 0 unspecified atom stereocenters. The fourth-order valence-corrected chi connectivity index (χ4v) is 0.685. The van der Waals surface area contributed by atoms with Gasteiger partial charge in [-0.05, 0) is 24.2 Å². The lowest BCUT2D eigenvalue weighted by Gasteiger charge is -1.97.